The Morgan fingerprint density at radius 1 is 1.14 bits per heavy atom. The van der Waals surface area contributed by atoms with Crippen LogP contribution in [0.5, 0.6) is 0 Å². The number of H-pyrrole nitrogens is 1. The van der Waals surface area contributed by atoms with E-state index in [1.165, 1.54) is 5.56 Å². The van der Waals surface area contributed by atoms with Gasteiger partial charge in [-0.2, -0.15) is 0 Å². The fraction of sp³-hybridized carbons (Fsp3) is 0.333. The highest BCUT2D eigenvalue weighted by molar-refractivity contribution is 7.71. The van der Waals surface area contributed by atoms with Gasteiger partial charge in [-0.05, 0) is 42.9 Å². The lowest BCUT2D eigenvalue weighted by molar-refractivity contribution is 0.0689. The van der Waals surface area contributed by atoms with Gasteiger partial charge in [-0.25, -0.2) is 0 Å². The number of hydrogen-bond acceptors (Lipinski definition) is 2. The van der Waals surface area contributed by atoms with E-state index in [2.05, 4.69) is 29.2 Å². The molecule has 2 heterocycles. The van der Waals surface area contributed by atoms with Crippen molar-refractivity contribution in [3.05, 3.63) is 64.4 Å². The molecule has 0 radical (unpaired) electrons. The molecule has 22 heavy (non-hydrogen) atoms. The van der Waals surface area contributed by atoms with Crippen LogP contribution in [-0.4, -0.2) is 28.9 Å². The van der Waals surface area contributed by atoms with Crippen LogP contribution in [0.4, 0.5) is 0 Å². The Morgan fingerprint density at radius 3 is 2.55 bits per heavy atom. The van der Waals surface area contributed by atoms with Gasteiger partial charge in [0, 0.05) is 19.3 Å². The molecule has 1 amide bonds. The first-order chi connectivity index (χ1) is 10.7. The second kappa shape index (κ2) is 6.88. The molecule has 1 N–H and O–H groups in total. The average molecular weight is 312 g/mol. The first-order valence-corrected chi connectivity index (χ1v) is 8.16. The predicted octanol–water partition coefficient (Wildman–Crippen LogP) is 3.84. The number of aromatic amines is 1. The Balaban J connectivity index is 1.59. The lowest BCUT2D eigenvalue weighted by Crippen LogP contribution is -2.39. The Morgan fingerprint density at radius 2 is 1.86 bits per heavy atom. The molecule has 2 aromatic rings. The van der Waals surface area contributed by atoms with Crippen LogP contribution < -0.4 is 0 Å². The molecule has 4 heteroatoms. The van der Waals surface area contributed by atoms with Crippen LogP contribution in [0.1, 0.15) is 28.8 Å². The number of benzene rings is 1. The lowest BCUT2D eigenvalue weighted by Gasteiger charge is -2.32. The van der Waals surface area contributed by atoms with Gasteiger partial charge in [0.25, 0.3) is 5.91 Å². The van der Waals surface area contributed by atoms with Crippen LogP contribution >= 0.6 is 12.2 Å². The second-order valence-electron chi connectivity index (χ2n) is 5.84. The highest BCUT2D eigenvalue weighted by Crippen LogP contribution is 2.22. The van der Waals surface area contributed by atoms with E-state index < -0.39 is 0 Å². The Bertz CT molecular complexity index is 687. The quantitative estimate of drug-likeness (QED) is 0.874. The molecule has 1 aromatic carbocycles. The molecule has 3 nitrogen and oxygen atoms in total. The zero-order valence-corrected chi connectivity index (χ0v) is 13.3. The van der Waals surface area contributed by atoms with Crippen LogP contribution in [-0.2, 0) is 6.42 Å². The van der Waals surface area contributed by atoms with Gasteiger partial charge in [0.2, 0.25) is 0 Å². The molecule has 1 aromatic heterocycles. The van der Waals surface area contributed by atoms with E-state index in [4.69, 9.17) is 12.2 Å². The third kappa shape index (κ3) is 3.45. The van der Waals surface area contributed by atoms with Gasteiger partial charge in [0.15, 0.2) is 0 Å². The fourth-order valence-corrected chi connectivity index (χ4v) is 3.27. The summed E-state index contributed by atoms with van der Waals surface area (Å²) in [5.74, 6) is 0.719. The van der Waals surface area contributed by atoms with Gasteiger partial charge in [0.1, 0.15) is 4.64 Å². The van der Waals surface area contributed by atoms with Crippen LogP contribution in [0.15, 0.2) is 48.7 Å². The van der Waals surface area contributed by atoms with Crippen molar-refractivity contribution in [1.29, 1.82) is 0 Å². The molecule has 3 rings (SSSR count). The summed E-state index contributed by atoms with van der Waals surface area (Å²) in [6, 6.07) is 14.2. The van der Waals surface area contributed by atoms with Crippen molar-refractivity contribution in [2.75, 3.05) is 13.1 Å². The number of pyridine rings is 1. The molecule has 0 atom stereocenters. The van der Waals surface area contributed by atoms with Gasteiger partial charge >= 0.3 is 0 Å². The normalized spacial score (nSPS) is 15.7. The molecule has 0 aliphatic carbocycles. The maximum Gasteiger partial charge on any atom is 0.256 e. The minimum Gasteiger partial charge on any atom is -0.352 e. The summed E-state index contributed by atoms with van der Waals surface area (Å²) in [6.45, 7) is 1.64. The van der Waals surface area contributed by atoms with Crippen molar-refractivity contribution in [2.24, 2.45) is 5.92 Å². The summed E-state index contributed by atoms with van der Waals surface area (Å²) >= 11 is 5.20. The minimum absolute atomic E-state index is 0.0556. The number of hydrogen-bond donors (Lipinski definition) is 1. The summed E-state index contributed by atoms with van der Waals surface area (Å²) in [6.07, 6.45) is 4.98. The van der Waals surface area contributed by atoms with E-state index in [0.717, 1.165) is 32.4 Å². The van der Waals surface area contributed by atoms with E-state index in [-0.39, 0.29) is 5.91 Å². The van der Waals surface area contributed by atoms with Crippen LogP contribution in [0.2, 0.25) is 0 Å². The zero-order chi connectivity index (χ0) is 15.4. The predicted molar refractivity (Wildman–Crippen MR) is 90.4 cm³/mol. The SMILES string of the molecule is O=C(c1ccc[nH]c1=S)N1CCC(Cc2ccccc2)CC1. The maximum absolute atomic E-state index is 12.5. The van der Waals surface area contributed by atoms with Gasteiger partial charge in [0.05, 0.1) is 5.56 Å². The van der Waals surface area contributed by atoms with Crippen molar-refractivity contribution in [3.8, 4) is 0 Å². The Kier molecular flexibility index (Phi) is 4.68. The lowest BCUT2D eigenvalue weighted by atomic mass is 9.90. The molecule has 0 spiro atoms. The number of nitrogens with one attached hydrogen (secondary N) is 1. The number of piperidine rings is 1. The molecule has 1 fully saturated rings. The highest BCUT2D eigenvalue weighted by Gasteiger charge is 2.24. The number of rotatable bonds is 3. The minimum atomic E-state index is 0.0556. The summed E-state index contributed by atoms with van der Waals surface area (Å²) < 4.78 is 0.527. The third-order valence-corrected chi connectivity index (χ3v) is 4.66. The van der Waals surface area contributed by atoms with Crippen LogP contribution in [0, 0.1) is 10.6 Å². The number of aromatic nitrogens is 1. The fourth-order valence-electron chi connectivity index (χ4n) is 3.05. The molecule has 1 aliphatic heterocycles. The number of nitrogens with zero attached hydrogens (tertiary/aromatic N) is 1. The molecular formula is C18H20N2OS. The standard InChI is InChI=1S/C18H20N2OS/c21-18(16-7-4-10-19-17(16)22)20-11-8-15(9-12-20)13-14-5-2-1-3-6-14/h1-7,10,15H,8-9,11-13H2,(H,19,22). The van der Waals surface area contributed by atoms with Gasteiger partial charge in [-0.3, -0.25) is 4.79 Å². The topological polar surface area (TPSA) is 36.1 Å². The molecular weight excluding hydrogens is 292 g/mol. The molecule has 114 valence electrons. The summed E-state index contributed by atoms with van der Waals surface area (Å²) in [5, 5.41) is 0. The van der Waals surface area contributed by atoms with E-state index in [9.17, 15) is 4.79 Å². The Labute approximate surface area is 136 Å². The van der Waals surface area contributed by atoms with E-state index in [0.29, 0.717) is 16.1 Å². The largest absolute Gasteiger partial charge is 0.352 e. The third-order valence-electron chi connectivity index (χ3n) is 4.32. The van der Waals surface area contributed by atoms with Crippen molar-refractivity contribution in [2.45, 2.75) is 19.3 Å². The molecule has 0 unspecified atom stereocenters. The molecule has 0 saturated carbocycles. The van der Waals surface area contributed by atoms with E-state index in [1.807, 2.05) is 17.0 Å². The average Bonchev–Trinajstić information content (AvgIpc) is 2.56. The van der Waals surface area contributed by atoms with Crippen molar-refractivity contribution < 1.29 is 4.79 Å². The van der Waals surface area contributed by atoms with Crippen LogP contribution in [0.25, 0.3) is 0 Å². The molecule has 1 aliphatic rings. The van der Waals surface area contributed by atoms with Gasteiger partial charge in [-0.15, -0.1) is 0 Å². The van der Waals surface area contributed by atoms with Crippen molar-refractivity contribution in [3.63, 3.8) is 0 Å². The molecule has 0 bridgehead atoms. The maximum atomic E-state index is 12.5. The van der Waals surface area contributed by atoms with Crippen LogP contribution in [0.3, 0.4) is 0 Å². The number of likely N-dealkylation sites (tertiary alicyclic amines) is 1. The smallest absolute Gasteiger partial charge is 0.256 e. The first-order valence-electron chi connectivity index (χ1n) is 7.75. The zero-order valence-electron chi connectivity index (χ0n) is 12.5. The summed E-state index contributed by atoms with van der Waals surface area (Å²) in [7, 11) is 0. The number of carbonyl (C=O) groups is 1. The monoisotopic (exact) mass is 312 g/mol. The summed E-state index contributed by atoms with van der Waals surface area (Å²) in [4.78, 5) is 17.4. The number of amides is 1. The van der Waals surface area contributed by atoms with E-state index >= 15 is 0 Å². The van der Waals surface area contributed by atoms with Crippen molar-refractivity contribution >= 4 is 18.1 Å². The second-order valence-corrected chi connectivity index (χ2v) is 6.25. The van der Waals surface area contributed by atoms with Gasteiger partial charge < -0.3 is 9.88 Å². The van der Waals surface area contributed by atoms with Crippen molar-refractivity contribution in [1.82, 2.24) is 9.88 Å². The summed E-state index contributed by atoms with van der Waals surface area (Å²) in [5.41, 5.74) is 2.00. The Hall–Kier alpha value is -1.94. The van der Waals surface area contributed by atoms with E-state index in [1.54, 1.807) is 12.3 Å². The molecule has 1 saturated heterocycles. The highest BCUT2D eigenvalue weighted by atomic mass is 32.1. The first kappa shape index (κ1) is 15.0. The van der Waals surface area contributed by atoms with Gasteiger partial charge in [-0.1, -0.05) is 42.5 Å². The number of carbonyl (C=O) groups excluding carboxylic acids is 1.